The normalized spacial score (nSPS) is 11.8. The van der Waals surface area contributed by atoms with Crippen molar-refractivity contribution in [2.24, 2.45) is 15.9 Å². The van der Waals surface area contributed by atoms with Crippen LogP contribution in [0.1, 0.15) is 11.1 Å². The van der Waals surface area contributed by atoms with Crippen LogP contribution in [0, 0.1) is 0 Å². The van der Waals surface area contributed by atoms with Crippen molar-refractivity contribution in [2.75, 3.05) is 7.11 Å². The van der Waals surface area contributed by atoms with Crippen molar-refractivity contribution >= 4 is 23.1 Å². The molecule has 3 N–H and O–H groups in total. The summed E-state index contributed by atoms with van der Waals surface area (Å²) in [5.74, 6) is 1.22. The molecule has 22 heavy (non-hydrogen) atoms. The summed E-state index contributed by atoms with van der Waals surface area (Å²) in [6.45, 7) is 0. The molecule has 2 rings (SSSR count). The van der Waals surface area contributed by atoms with Gasteiger partial charge in [0.05, 0.1) is 13.3 Å². The predicted molar refractivity (Wildman–Crippen MR) is 91.6 cm³/mol. The SMILES string of the molecule is COc1cc(/C=N\N=C(N)SCc2ccccc2)ccc1O. The number of aromatic hydroxyl groups is 1. The maximum absolute atomic E-state index is 9.51. The molecule has 0 aromatic heterocycles. The maximum atomic E-state index is 9.51. The summed E-state index contributed by atoms with van der Waals surface area (Å²) in [5, 5.41) is 17.8. The Kier molecular flexibility index (Phi) is 5.85. The summed E-state index contributed by atoms with van der Waals surface area (Å²) in [5.41, 5.74) is 7.74. The van der Waals surface area contributed by atoms with Gasteiger partial charge in [0.2, 0.25) is 0 Å². The third-order valence-corrected chi connectivity index (χ3v) is 3.65. The van der Waals surface area contributed by atoms with Gasteiger partial charge in [-0.05, 0) is 29.3 Å². The number of benzene rings is 2. The lowest BCUT2D eigenvalue weighted by Gasteiger charge is -2.02. The van der Waals surface area contributed by atoms with Crippen molar-refractivity contribution in [3.05, 3.63) is 59.7 Å². The van der Waals surface area contributed by atoms with Gasteiger partial charge in [-0.1, -0.05) is 42.1 Å². The van der Waals surface area contributed by atoms with Crippen molar-refractivity contribution in [3.8, 4) is 11.5 Å². The molecule has 6 heteroatoms. The number of nitrogens with two attached hydrogens (primary N) is 1. The Morgan fingerprint density at radius 1 is 1.27 bits per heavy atom. The summed E-state index contributed by atoms with van der Waals surface area (Å²) < 4.78 is 5.02. The molecule has 0 amide bonds. The first kappa shape index (κ1) is 15.9. The van der Waals surface area contributed by atoms with Crippen LogP contribution in [0.3, 0.4) is 0 Å². The average molecular weight is 315 g/mol. The van der Waals surface area contributed by atoms with Gasteiger partial charge < -0.3 is 15.6 Å². The van der Waals surface area contributed by atoms with E-state index in [1.165, 1.54) is 30.5 Å². The smallest absolute Gasteiger partial charge is 0.180 e. The highest BCUT2D eigenvalue weighted by atomic mass is 32.2. The van der Waals surface area contributed by atoms with E-state index in [4.69, 9.17) is 10.5 Å². The molecule has 0 heterocycles. The predicted octanol–water partition coefficient (Wildman–Crippen LogP) is 2.98. The quantitative estimate of drug-likeness (QED) is 0.505. The summed E-state index contributed by atoms with van der Waals surface area (Å²) in [7, 11) is 1.49. The Bertz CT molecular complexity index is 672. The molecule has 0 radical (unpaired) electrons. The number of phenols is 1. The molecule has 0 saturated heterocycles. The number of ether oxygens (including phenoxy) is 1. The number of amidine groups is 1. The molecule has 0 saturated carbocycles. The average Bonchev–Trinajstić information content (AvgIpc) is 2.55. The molecule has 0 fully saturated rings. The fourth-order valence-electron chi connectivity index (χ4n) is 1.69. The number of hydrogen-bond acceptors (Lipinski definition) is 5. The van der Waals surface area contributed by atoms with Crippen LogP contribution in [0.15, 0.2) is 58.7 Å². The highest BCUT2D eigenvalue weighted by molar-refractivity contribution is 8.13. The molecular formula is C16H17N3O2S. The fraction of sp³-hybridized carbons (Fsp3) is 0.125. The Morgan fingerprint density at radius 2 is 2.05 bits per heavy atom. The van der Waals surface area contributed by atoms with Crippen LogP contribution in [0.2, 0.25) is 0 Å². The molecule has 0 spiro atoms. The van der Waals surface area contributed by atoms with Crippen LogP contribution in [0.5, 0.6) is 11.5 Å². The van der Waals surface area contributed by atoms with E-state index >= 15 is 0 Å². The number of phenolic OH excluding ortho intramolecular Hbond substituents is 1. The second-order valence-electron chi connectivity index (χ2n) is 4.39. The molecule has 0 aliphatic rings. The van der Waals surface area contributed by atoms with Gasteiger partial charge in [0.15, 0.2) is 16.7 Å². The summed E-state index contributed by atoms with van der Waals surface area (Å²) in [4.78, 5) is 0. The number of thioether (sulfide) groups is 1. The zero-order chi connectivity index (χ0) is 15.8. The van der Waals surface area contributed by atoms with Gasteiger partial charge >= 0.3 is 0 Å². The van der Waals surface area contributed by atoms with E-state index in [2.05, 4.69) is 10.2 Å². The molecule has 0 bridgehead atoms. The topological polar surface area (TPSA) is 80.2 Å². The molecule has 0 unspecified atom stereocenters. The van der Waals surface area contributed by atoms with E-state index < -0.39 is 0 Å². The van der Waals surface area contributed by atoms with Gasteiger partial charge in [-0.15, -0.1) is 5.10 Å². The van der Waals surface area contributed by atoms with E-state index in [1.807, 2.05) is 30.3 Å². The van der Waals surface area contributed by atoms with Crippen LogP contribution < -0.4 is 10.5 Å². The molecular weight excluding hydrogens is 298 g/mol. The highest BCUT2D eigenvalue weighted by Gasteiger charge is 2.00. The lowest BCUT2D eigenvalue weighted by molar-refractivity contribution is 0.373. The van der Waals surface area contributed by atoms with E-state index in [1.54, 1.807) is 18.3 Å². The minimum atomic E-state index is 0.0843. The first-order chi connectivity index (χ1) is 10.7. The standard InChI is InChI=1S/C16H17N3O2S/c1-21-15-9-13(7-8-14(15)20)10-18-19-16(17)22-11-12-5-3-2-4-6-12/h2-10,20H,11H2,1H3,(H2,17,19)/b18-10-. The second kappa shape index (κ2) is 8.09. The zero-order valence-electron chi connectivity index (χ0n) is 12.1. The van der Waals surface area contributed by atoms with Crippen molar-refractivity contribution in [1.82, 2.24) is 0 Å². The first-order valence-corrected chi connectivity index (χ1v) is 7.58. The van der Waals surface area contributed by atoms with Gasteiger partial charge in [0.25, 0.3) is 0 Å². The zero-order valence-corrected chi connectivity index (χ0v) is 13.0. The Hall–Kier alpha value is -2.47. The molecule has 0 atom stereocenters. The Balaban J connectivity index is 1.92. The van der Waals surface area contributed by atoms with Gasteiger partial charge in [0.1, 0.15) is 0 Å². The van der Waals surface area contributed by atoms with Crippen molar-refractivity contribution in [1.29, 1.82) is 0 Å². The molecule has 5 nitrogen and oxygen atoms in total. The van der Waals surface area contributed by atoms with Crippen LogP contribution in [0.4, 0.5) is 0 Å². The van der Waals surface area contributed by atoms with Crippen molar-refractivity contribution in [2.45, 2.75) is 5.75 Å². The maximum Gasteiger partial charge on any atom is 0.180 e. The largest absolute Gasteiger partial charge is 0.504 e. The lowest BCUT2D eigenvalue weighted by atomic mass is 10.2. The Labute approximate surface area is 133 Å². The van der Waals surface area contributed by atoms with E-state index in [-0.39, 0.29) is 5.75 Å². The van der Waals surface area contributed by atoms with Crippen molar-refractivity contribution in [3.63, 3.8) is 0 Å². The minimum absolute atomic E-state index is 0.0843. The molecule has 0 aliphatic heterocycles. The van der Waals surface area contributed by atoms with Crippen LogP contribution in [-0.4, -0.2) is 23.6 Å². The van der Waals surface area contributed by atoms with Crippen LogP contribution in [0.25, 0.3) is 0 Å². The molecule has 2 aromatic rings. The number of methoxy groups -OCH3 is 1. The number of nitrogens with zero attached hydrogens (tertiary/aromatic N) is 2. The minimum Gasteiger partial charge on any atom is -0.504 e. The highest BCUT2D eigenvalue weighted by Crippen LogP contribution is 2.25. The van der Waals surface area contributed by atoms with Crippen molar-refractivity contribution < 1.29 is 9.84 Å². The van der Waals surface area contributed by atoms with Crippen LogP contribution in [-0.2, 0) is 5.75 Å². The van der Waals surface area contributed by atoms with Gasteiger partial charge in [0, 0.05) is 5.75 Å². The van der Waals surface area contributed by atoms with E-state index in [9.17, 15) is 5.11 Å². The van der Waals surface area contributed by atoms with Gasteiger partial charge in [-0.25, -0.2) is 0 Å². The van der Waals surface area contributed by atoms with E-state index in [0.29, 0.717) is 10.9 Å². The fourth-order valence-corrected chi connectivity index (χ4v) is 2.30. The van der Waals surface area contributed by atoms with E-state index in [0.717, 1.165) is 11.3 Å². The first-order valence-electron chi connectivity index (χ1n) is 6.59. The molecule has 0 aliphatic carbocycles. The molecule has 114 valence electrons. The monoisotopic (exact) mass is 315 g/mol. The Morgan fingerprint density at radius 3 is 2.77 bits per heavy atom. The third-order valence-electron chi connectivity index (χ3n) is 2.80. The number of rotatable bonds is 5. The molecule has 2 aromatic carbocycles. The third kappa shape index (κ3) is 4.82. The van der Waals surface area contributed by atoms with Gasteiger partial charge in [-0.2, -0.15) is 5.10 Å². The summed E-state index contributed by atoms with van der Waals surface area (Å²) in [6.07, 6.45) is 1.55. The van der Waals surface area contributed by atoms with Gasteiger partial charge in [-0.3, -0.25) is 0 Å². The lowest BCUT2D eigenvalue weighted by Crippen LogP contribution is -2.05. The summed E-state index contributed by atoms with van der Waals surface area (Å²) >= 11 is 1.42. The number of hydrogen-bond donors (Lipinski definition) is 2. The summed E-state index contributed by atoms with van der Waals surface area (Å²) in [6, 6.07) is 14.9. The van der Waals surface area contributed by atoms with Crippen LogP contribution >= 0.6 is 11.8 Å². The second-order valence-corrected chi connectivity index (χ2v) is 5.38.